The molecular formula is C13H14ClFO3S. The average molecular weight is 305 g/mol. The fraction of sp³-hybridized carbons (Fsp3) is 0.308. The first-order chi connectivity index (χ1) is 9.04. The lowest BCUT2D eigenvalue weighted by Gasteiger charge is -2.05. The van der Waals surface area contributed by atoms with Gasteiger partial charge in [-0.15, -0.1) is 11.3 Å². The first-order valence-corrected chi connectivity index (χ1v) is 6.81. The smallest absolute Gasteiger partial charge is 0.351 e. The van der Waals surface area contributed by atoms with Crippen LogP contribution in [0.2, 0.25) is 4.34 Å². The predicted octanol–water partition coefficient (Wildman–Crippen LogP) is 4.58. The minimum atomic E-state index is -0.814. The highest BCUT2D eigenvalue weighted by molar-refractivity contribution is 7.18. The Labute approximate surface area is 120 Å². The molecule has 0 fully saturated rings. The first-order valence-electron chi connectivity index (χ1n) is 5.61. The van der Waals surface area contributed by atoms with Gasteiger partial charge in [0.15, 0.2) is 16.4 Å². The summed E-state index contributed by atoms with van der Waals surface area (Å²) in [5, 5.41) is 0. The van der Waals surface area contributed by atoms with E-state index in [0.717, 1.165) is 24.2 Å². The van der Waals surface area contributed by atoms with Gasteiger partial charge in [0.2, 0.25) is 0 Å². The van der Waals surface area contributed by atoms with E-state index in [4.69, 9.17) is 16.3 Å². The van der Waals surface area contributed by atoms with E-state index >= 15 is 0 Å². The van der Waals surface area contributed by atoms with Crippen molar-refractivity contribution in [2.45, 2.75) is 19.8 Å². The zero-order chi connectivity index (χ0) is 14.4. The van der Waals surface area contributed by atoms with Gasteiger partial charge in [0.1, 0.15) is 10.1 Å². The van der Waals surface area contributed by atoms with Gasteiger partial charge in [-0.3, -0.25) is 0 Å². The van der Waals surface area contributed by atoms with E-state index < -0.39 is 11.8 Å². The van der Waals surface area contributed by atoms with Crippen molar-refractivity contribution in [3.63, 3.8) is 0 Å². The Morgan fingerprint density at radius 3 is 2.79 bits per heavy atom. The molecule has 0 saturated carbocycles. The lowest BCUT2D eigenvalue weighted by Crippen LogP contribution is -2.01. The molecule has 0 aliphatic carbocycles. The van der Waals surface area contributed by atoms with E-state index in [-0.39, 0.29) is 15.0 Å². The average Bonchev–Trinajstić information content (AvgIpc) is 2.69. The fourth-order valence-corrected chi connectivity index (χ4v) is 2.36. The number of methoxy groups -OCH3 is 1. The van der Waals surface area contributed by atoms with Crippen LogP contribution in [0.4, 0.5) is 4.39 Å². The number of hydrogen-bond donors (Lipinski definition) is 0. The molecule has 0 aliphatic rings. The second-order valence-electron chi connectivity index (χ2n) is 3.54. The predicted molar refractivity (Wildman–Crippen MR) is 74.4 cm³/mol. The largest absolute Gasteiger partial charge is 0.465 e. The molecule has 0 amide bonds. The van der Waals surface area contributed by atoms with Gasteiger partial charge in [-0.1, -0.05) is 31.5 Å². The summed E-state index contributed by atoms with van der Waals surface area (Å²) in [6, 6.07) is 0. The minimum Gasteiger partial charge on any atom is -0.465 e. The van der Waals surface area contributed by atoms with Gasteiger partial charge < -0.3 is 9.47 Å². The van der Waals surface area contributed by atoms with Crippen molar-refractivity contribution in [3.8, 4) is 5.75 Å². The summed E-state index contributed by atoms with van der Waals surface area (Å²) in [5.74, 6) is -1.37. The van der Waals surface area contributed by atoms with E-state index in [1.807, 2.05) is 6.92 Å². The van der Waals surface area contributed by atoms with Crippen molar-refractivity contribution >= 4 is 28.9 Å². The Morgan fingerprint density at radius 2 is 2.26 bits per heavy atom. The van der Waals surface area contributed by atoms with Gasteiger partial charge in [0.25, 0.3) is 0 Å². The lowest BCUT2D eigenvalue weighted by atomic mass is 10.3. The van der Waals surface area contributed by atoms with Crippen LogP contribution in [0.25, 0.3) is 0 Å². The highest BCUT2D eigenvalue weighted by atomic mass is 35.5. The number of ether oxygens (including phenoxy) is 2. The second-order valence-corrected chi connectivity index (χ2v) is 5.16. The summed E-state index contributed by atoms with van der Waals surface area (Å²) < 4.78 is 23.9. The van der Waals surface area contributed by atoms with Crippen LogP contribution in [-0.4, -0.2) is 13.1 Å². The van der Waals surface area contributed by atoms with Crippen molar-refractivity contribution < 1.29 is 18.7 Å². The molecule has 104 valence electrons. The molecule has 1 aromatic heterocycles. The Bertz CT molecular complexity index is 508. The number of hydrogen-bond acceptors (Lipinski definition) is 4. The van der Waals surface area contributed by atoms with Crippen LogP contribution in [0.15, 0.2) is 24.5 Å². The standard InChI is InChI=1S/C13H14ClFO3S/c1-4-6-7-8(5-2)18-10-9(15)11(13(16)17-3)19-12(10)14/h5,7H,2,4,6H2,1,3H3/b8-7+. The van der Waals surface area contributed by atoms with Crippen LogP contribution in [0.1, 0.15) is 29.4 Å². The number of halogens is 2. The number of carbonyl (C=O) groups is 1. The molecule has 0 bridgehead atoms. The summed E-state index contributed by atoms with van der Waals surface area (Å²) >= 11 is 6.65. The molecule has 19 heavy (non-hydrogen) atoms. The molecule has 1 rings (SSSR count). The van der Waals surface area contributed by atoms with E-state index in [1.165, 1.54) is 13.2 Å². The topological polar surface area (TPSA) is 35.5 Å². The maximum Gasteiger partial charge on any atom is 0.351 e. The van der Waals surface area contributed by atoms with Crippen LogP contribution in [0.3, 0.4) is 0 Å². The normalized spacial score (nSPS) is 11.3. The highest BCUT2D eigenvalue weighted by Crippen LogP contribution is 2.39. The van der Waals surface area contributed by atoms with E-state index in [9.17, 15) is 9.18 Å². The Morgan fingerprint density at radius 1 is 1.58 bits per heavy atom. The summed E-state index contributed by atoms with van der Waals surface area (Å²) in [6.45, 7) is 5.59. The van der Waals surface area contributed by atoms with Crippen molar-refractivity contribution in [1.82, 2.24) is 0 Å². The number of thiophene rings is 1. The summed E-state index contributed by atoms with van der Waals surface area (Å²) in [4.78, 5) is 11.1. The fourth-order valence-electron chi connectivity index (χ4n) is 1.25. The van der Waals surface area contributed by atoms with Gasteiger partial charge >= 0.3 is 5.97 Å². The molecule has 0 atom stereocenters. The number of esters is 1. The first kappa shape index (κ1) is 15.7. The lowest BCUT2D eigenvalue weighted by molar-refractivity contribution is 0.0601. The number of carbonyl (C=O) groups excluding carboxylic acids is 1. The molecule has 0 spiro atoms. The molecule has 0 radical (unpaired) electrons. The molecule has 1 heterocycles. The molecule has 1 aromatic rings. The summed E-state index contributed by atoms with van der Waals surface area (Å²) in [6.07, 6.45) is 4.93. The molecule has 0 aliphatic heterocycles. The summed E-state index contributed by atoms with van der Waals surface area (Å²) in [7, 11) is 1.17. The molecular weight excluding hydrogens is 291 g/mol. The molecule has 0 saturated heterocycles. The van der Waals surface area contributed by atoms with E-state index in [2.05, 4.69) is 11.3 Å². The third-order valence-electron chi connectivity index (χ3n) is 2.19. The third-order valence-corrected chi connectivity index (χ3v) is 3.51. The quantitative estimate of drug-likeness (QED) is 0.438. The SMILES string of the molecule is C=C/C(=C\CCC)Oc1c(Cl)sc(C(=O)OC)c1F. The maximum absolute atomic E-state index is 14.0. The van der Waals surface area contributed by atoms with Gasteiger partial charge in [-0.25, -0.2) is 9.18 Å². The van der Waals surface area contributed by atoms with Crippen LogP contribution in [0.5, 0.6) is 5.75 Å². The zero-order valence-corrected chi connectivity index (χ0v) is 12.2. The second kappa shape index (κ2) is 7.31. The van der Waals surface area contributed by atoms with Gasteiger partial charge in [0.05, 0.1) is 7.11 Å². The summed E-state index contributed by atoms with van der Waals surface area (Å²) in [5.41, 5.74) is 0. The Kier molecular flexibility index (Phi) is 6.05. The zero-order valence-electron chi connectivity index (χ0n) is 10.7. The molecule has 0 N–H and O–H groups in total. The van der Waals surface area contributed by atoms with E-state index in [1.54, 1.807) is 6.08 Å². The van der Waals surface area contributed by atoms with Crippen LogP contribution in [0, 0.1) is 5.82 Å². The molecule has 6 heteroatoms. The molecule has 0 unspecified atom stereocenters. The van der Waals surface area contributed by atoms with Crippen molar-refractivity contribution in [2.24, 2.45) is 0 Å². The number of allylic oxidation sites excluding steroid dienone is 2. The molecule has 3 nitrogen and oxygen atoms in total. The van der Waals surface area contributed by atoms with Crippen LogP contribution >= 0.6 is 22.9 Å². The highest BCUT2D eigenvalue weighted by Gasteiger charge is 2.24. The number of rotatable bonds is 6. The van der Waals surface area contributed by atoms with Crippen molar-refractivity contribution in [3.05, 3.63) is 39.5 Å². The van der Waals surface area contributed by atoms with Gasteiger partial charge in [-0.2, -0.15) is 0 Å². The third kappa shape index (κ3) is 3.81. The molecule has 0 aromatic carbocycles. The van der Waals surface area contributed by atoms with Gasteiger partial charge in [-0.05, 0) is 18.6 Å². The maximum atomic E-state index is 14.0. The monoisotopic (exact) mass is 304 g/mol. The Hall–Kier alpha value is -1.33. The van der Waals surface area contributed by atoms with Crippen molar-refractivity contribution in [1.29, 1.82) is 0 Å². The van der Waals surface area contributed by atoms with Crippen molar-refractivity contribution in [2.75, 3.05) is 7.11 Å². The Balaban J connectivity index is 3.04. The van der Waals surface area contributed by atoms with Crippen LogP contribution in [-0.2, 0) is 4.74 Å². The van der Waals surface area contributed by atoms with Gasteiger partial charge in [0, 0.05) is 0 Å². The minimum absolute atomic E-state index is 0.0575. The van der Waals surface area contributed by atoms with E-state index in [0.29, 0.717) is 5.76 Å². The van der Waals surface area contributed by atoms with Crippen LogP contribution < -0.4 is 4.74 Å². The number of unbranched alkanes of at least 4 members (excludes halogenated alkanes) is 1.